The number of aromatic nitrogens is 1. The quantitative estimate of drug-likeness (QED) is 0.329. The van der Waals surface area contributed by atoms with Gasteiger partial charge in [0, 0.05) is 12.6 Å². The highest BCUT2D eigenvalue weighted by Gasteiger charge is 2.52. The topological polar surface area (TPSA) is 73.9 Å². The van der Waals surface area contributed by atoms with Gasteiger partial charge in [0.1, 0.15) is 17.2 Å². The number of hydrogen-bond acceptors (Lipinski definition) is 4. The summed E-state index contributed by atoms with van der Waals surface area (Å²) in [7, 11) is -0.908. The van der Waals surface area contributed by atoms with Gasteiger partial charge >= 0.3 is 7.12 Å². The minimum Gasteiger partial charge on any atom is -0.399 e. The van der Waals surface area contributed by atoms with Crippen LogP contribution in [-0.4, -0.2) is 28.8 Å². The van der Waals surface area contributed by atoms with Crippen molar-refractivity contribution < 1.29 is 24.3 Å². The summed E-state index contributed by atoms with van der Waals surface area (Å²) < 4.78 is 42.2. The van der Waals surface area contributed by atoms with Gasteiger partial charge in [0.05, 0.1) is 29.0 Å². The van der Waals surface area contributed by atoms with Gasteiger partial charge in [0.25, 0.3) is 5.91 Å². The Morgan fingerprint density at radius 2 is 1.74 bits per heavy atom. The molecule has 202 valence electrons. The highest BCUT2D eigenvalue weighted by molar-refractivity contribution is 6.62. The number of carbonyl (C=O) groups is 1. The van der Waals surface area contributed by atoms with Crippen molar-refractivity contribution in [3.05, 3.63) is 87.5 Å². The second-order valence-corrected chi connectivity index (χ2v) is 11.0. The first kappa shape index (κ1) is 26.8. The van der Waals surface area contributed by atoms with E-state index < -0.39 is 41.3 Å². The molecule has 0 unspecified atom stereocenters. The maximum Gasteiger partial charge on any atom is 0.497 e. The predicted molar refractivity (Wildman–Crippen MR) is 147 cm³/mol. The summed E-state index contributed by atoms with van der Waals surface area (Å²) in [5.41, 5.74) is -1.42. The van der Waals surface area contributed by atoms with E-state index in [0.29, 0.717) is 5.56 Å². The molecule has 1 amide bonds. The number of pyridine rings is 1. The highest BCUT2D eigenvalue weighted by atomic mass is 19.1. The van der Waals surface area contributed by atoms with Crippen LogP contribution in [0.3, 0.4) is 0 Å². The van der Waals surface area contributed by atoms with Crippen molar-refractivity contribution in [2.75, 3.05) is 5.32 Å². The van der Waals surface area contributed by atoms with Crippen LogP contribution in [0.15, 0.2) is 53.5 Å². The molecule has 10 heteroatoms. The molecule has 0 bridgehead atoms. The van der Waals surface area contributed by atoms with Crippen molar-refractivity contribution in [1.29, 1.82) is 0 Å². The van der Waals surface area contributed by atoms with Gasteiger partial charge in [-0.05, 0) is 76.8 Å². The molecule has 2 aromatic carbocycles. The minimum atomic E-state index is -0.908. The van der Waals surface area contributed by atoms with Crippen LogP contribution >= 0.6 is 0 Å². The van der Waals surface area contributed by atoms with Gasteiger partial charge in [-0.2, -0.15) is 0 Å². The van der Waals surface area contributed by atoms with Crippen molar-refractivity contribution in [3.8, 4) is 11.1 Å². The van der Waals surface area contributed by atoms with Crippen molar-refractivity contribution in [3.63, 3.8) is 0 Å². The maximum absolute atomic E-state index is 15.1. The predicted octanol–water partition coefficient (Wildman–Crippen LogP) is 5.87. The van der Waals surface area contributed by atoms with Crippen molar-refractivity contribution in [1.82, 2.24) is 4.57 Å². The number of nitrogens with zero attached hydrogens (tertiary/aromatic N) is 2. The molecule has 2 heterocycles. The molecule has 1 saturated carbocycles. The Morgan fingerprint density at radius 3 is 2.28 bits per heavy atom. The van der Waals surface area contributed by atoms with Gasteiger partial charge in [-0.15, -0.1) is 0 Å². The van der Waals surface area contributed by atoms with Gasteiger partial charge in [-0.3, -0.25) is 14.2 Å². The van der Waals surface area contributed by atoms with Crippen LogP contribution in [0.2, 0.25) is 0 Å². The Hall–Kier alpha value is -3.81. The summed E-state index contributed by atoms with van der Waals surface area (Å²) in [6.45, 7) is 15.2. The number of anilines is 1. The Morgan fingerprint density at radius 1 is 1.10 bits per heavy atom. The van der Waals surface area contributed by atoms with E-state index in [0.717, 1.165) is 25.3 Å². The number of benzene rings is 2. The van der Waals surface area contributed by atoms with E-state index in [1.165, 1.54) is 42.6 Å². The lowest BCUT2D eigenvalue weighted by molar-refractivity contribution is 0.00578. The Balaban J connectivity index is 0.00000370. The average Bonchev–Trinajstić information content (AvgIpc) is 3.05. The third kappa shape index (κ3) is 4.77. The second kappa shape index (κ2) is 9.74. The van der Waals surface area contributed by atoms with Crippen LogP contribution in [0.4, 0.5) is 20.3 Å². The summed E-state index contributed by atoms with van der Waals surface area (Å²) in [5, 5.41) is 2.61. The molecule has 1 saturated heterocycles. The smallest absolute Gasteiger partial charge is 0.399 e. The molecular formula is C29H30BF2N3O4. The van der Waals surface area contributed by atoms with Crippen LogP contribution in [-0.2, 0) is 9.31 Å². The first-order valence-corrected chi connectivity index (χ1v) is 12.8. The molecule has 3 aromatic rings. The van der Waals surface area contributed by atoms with Gasteiger partial charge in [-0.1, -0.05) is 24.8 Å². The fourth-order valence-electron chi connectivity index (χ4n) is 4.68. The standard InChI is InChI=1S/C29H28BF2N3O4.H2/c1-28(2)29(3,4)39-30(38-28)22-14-13-19(15-23(22)32)34-27(37)21-16-35(20-7-6-8-20)26(33-5)24(25(21)36)17-9-11-18(31)12-10-17;/h9-16,20H,6-8H2,1-4H3,(H,34,37);1H. The van der Waals surface area contributed by atoms with Crippen molar-refractivity contribution in [2.24, 2.45) is 0 Å². The molecule has 0 spiro atoms. The van der Waals surface area contributed by atoms with E-state index >= 15 is 4.39 Å². The van der Waals surface area contributed by atoms with E-state index in [1.807, 2.05) is 27.7 Å². The fourth-order valence-corrected chi connectivity index (χ4v) is 4.68. The molecule has 39 heavy (non-hydrogen) atoms. The summed E-state index contributed by atoms with van der Waals surface area (Å²) in [5.74, 6) is -1.75. The Kier molecular flexibility index (Phi) is 6.69. The molecule has 5 rings (SSSR count). The molecule has 7 nitrogen and oxygen atoms in total. The maximum atomic E-state index is 15.1. The zero-order chi connectivity index (χ0) is 28.1. The SMILES string of the molecule is [C-]#[N+]c1c(-c2ccc(F)cc2)c(=O)c(C(=O)Nc2ccc(B3OC(C)(C)C(C)(C)O3)c(F)c2)cn1C1CCC1.[HH]. The molecular weight excluding hydrogens is 503 g/mol. The van der Waals surface area contributed by atoms with E-state index in [2.05, 4.69) is 10.2 Å². The molecule has 1 aliphatic carbocycles. The fraction of sp³-hybridized carbons (Fsp3) is 0.345. The molecule has 1 aliphatic heterocycles. The Labute approximate surface area is 227 Å². The van der Waals surface area contributed by atoms with Crippen LogP contribution in [0.1, 0.15) is 64.8 Å². The number of rotatable bonds is 5. The van der Waals surface area contributed by atoms with Crippen LogP contribution in [0.25, 0.3) is 16.0 Å². The van der Waals surface area contributed by atoms with Crippen molar-refractivity contribution >= 4 is 30.0 Å². The summed E-state index contributed by atoms with van der Waals surface area (Å²) in [6, 6.07) is 9.34. The van der Waals surface area contributed by atoms with Gasteiger partial charge < -0.3 is 19.5 Å². The van der Waals surface area contributed by atoms with E-state index in [-0.39, 0.29) is 35.6 Å². The first-order chi connectivity index (χ1) is 18.4. The largest absolute Gasteiger partial charge is 0.497 e. The zero-order valence-corrected chi connectivity index (χ0v) is 22.2. The lowest BCUT2D eigenvalue weighted by Crippen LogP contribution is -2.41. The first-order valence-electron chi connectivity index (χ1n) is 12.8. The van der Waals surface area contributed by atoms with E-state index in [9.17, 15) is 14.0 Å². The average molecular weight is 533 g/mol. The number of hydrogen-bond donors (Lipinski definition) is 1. The monoisotopic (exact) mass is 533 g/mol. The molecule has 1 aromatic heterocycles. The Bertz CT molecular complexity index is 1550. The lowest BCUT2D eigenvalue weighted by atomic mass is 9.78. The highest BCUT2D eigenvalue weighted by Crippen LogP contribution is 2.39. The number of carbonyl (C=O) groups excluding carboxylic acids is 1. The normalized spacial score (nSPS) is 17.9. The van der Waals surface area contributed by atoms with E-state index in [1.54, 1.807) is 4.57 Å². The van der Waals surface area contributed by atoms with Crippen LogP contribution < -0.4 is 16.2 Å². The number of nitrogens with one attached hydrogen (secondary N) is 1. The molecule has 2 fully saturated rings. The second-order valence-electron chi connectivity index (χ2n) is 11.0. The van der Waals surface area contributed by atoms with Crippen molar-refractivity contribution in [2.45, 2.75) is 64.2 Å². The molecule has 0 atom stereocenters. The van der Waals surface area contributed by atoms with Crippen LogP contribution in [0.5, 0.6) is 0 Å². The molecule has 2 aliphatic rings. The third-order valence-corrected chi connectivity index (χ3v) is 7.93. The van der Waals surface area contributed by atoms with Crippen LogP contribution in [0, 0.1) is 18.2 Å². The molecule has 1 N–H and O–H groups in total. The number of amides is 1. The van der Waals surface area contributed by atoms with E-state index in [4.69, 9.17) is 15.9 Å². The zero-order valence-electron chi connectivity index (χ0n) is 22.2. The molecule has 0 radical (unpaired) electrons. The van der Waals surface area contributed by atoms with Gasteiger partial charge in [0.2, 0.25) is 5.82 Å². The summed E-state index contributed by atoms with van der Waals surface area (Å²) in [4.78, 5) is 30.5. The number of halogens is 2. The lowest BCUT2D eigenvalue weighted by Gasteiger charge is -2.32. The summed E-state index contributed by atoms with van der Waals surface area (Å²) >= 11 is 0. The van der Waals surface area contributed by atoms with Gasteiger partial charge in [-0.25, -0.2) is 8.78 Å². The third-order valence-electron chi connectivity index (χ3n) is 7.93. The summed E-state index contributed by atoms with van der Waals surface area (Å²) in [6.07, 6.45) is 3.98. The van der Waals surface area contributed by atoms with Gasteiger partial charge in [0.15, 0.2) is 5.43 Å². The minimum absolute atomic E-state index is 0.